The van der Waals surface area contributed by atoms with Gasteiger partial charge in [0.1, 0.15) is 6.61 Å². The zero-order valence-electron chi connectivity index (χ0n) is 16.0. The average Bonchev–Trinajstić information content (AvgIpc) is 2.73. The van der Waals surface area contributed by atoms with E-state index in [2.05, 4.69) is 6.92 Å². The molecule has 2 saturated heterocycles. The number of sulfonamides is 1. The number of ether oxygens (including phenoxy) is 3. The van der Waals surface area contributed by atoms with Gasteiger partial charge in [-0.05, 0) is 30.9 Å². The van der Waals surface area contributed by atoms with Crippen LogP contribution < -0.4 is 9.47 Å². The van der Waals surface area contributed by atoms with Crippen molar-refractivity contribution in [3.8, 4) is 11.5 Å². The third kappa shape index (κ3) is 3.83. The van der Waals surface area contributed by atoms with Gasteiger partial charge in [0.25, 0.3) is 5.91 Å². The molecule has 1 atom stereocenters. The van der Waals surface area contributed by atoms with E-state index in [-0.39, 0.29) is 17.4 Å². The van der Waals surface area contributed by atoms with Gasteiger partial charge in [0.15, 0.2) is 11.5 Å². The van der Waals surface area contributed by atoms with Crippen LogP contribution in [-0.2, 0) is 19.6 Å². The Labute approximate surface area is 165 Å². The topological polar surface area (TPSA) is 85.4 Å². The molecule has 1 aromatic carbocycles. The van der Waals surface area contributed by atoms with Crippen LogP contribution in [0.2, 0.25) is 0 Å². The molecule has 2 fully saturated rings. The minimum atomic E-state index is -3.56. The lowest BCUT2D eigenvalue weighted by atomic mass is 10.0. The van der Waals surface area contributed by atoms with E-state index in [0.29, 0.717) is 56.8 Å². The van der Waals surface area contributed by atoms with Crippen LogP contribution in [0.3, 0.4) is 0 Å². The van der Waals surface area contributed by atoms with E-state index in [4.69, 9.17) is 14.2 Å². The Morgan fingerprint density at radius 3 is 2.50 bits per heavy atom. The maximum atomic E-state index is 12.9. The second-order valence-corrected chi connectivity index (χ2v) is 9.49. The Morgan fingerprint density at radius 1 is 1.07 bits per heavy atom. The van der Waals surface area contributed by atoms with E-state index in [0.717, 1.165) is 12.8 Å². The van der Waals surface area contributed by atoms with Crippen LogP contribution in [0.15, 0.2) is 23.1 Å². The number of fused-ring (bicyclic) bond motifs is 1. The molecule has 154 valence electrons. The predicted octanol–water partition coefficient (Wildman–Crippen LogP) is 1.11. The molecule has 3 heterocycles. The standard InChI is InChI=1S/C19H26N2O6S/c1-14-4-6-21(7-5-14)28(23,24)15-2-3-16-17(12-15)26-13-18(27-16)19(22)20-8-10-25-11-9-20/h2-3,12,14,18H,4-11,13H2,1H3/t18-/m0/s1. The van der Waals surface area contributed by atoms with Crippen LogP contribution in [-0.4, -0.2) is 75.6 Å². The molecule has 0 spiro atoms. The second kappa shape index (κ2) is 7.88. The molecule has 0 radical (unpaired) electrons. The van der Waals surface area contributed by atoms with Gasteiger partial charge < -0.3 is 19.1 Å². The molecule has 1 aromatic rings. The molecule has 1 amide bonds. The fourth-order valence-electron chi connectivity index (χ4n) is 3.70. The second-order valence-electron chi connectivity index (χ2n) is 7.55. The smallest absolute Gasteiger partial charge is 0.267 e. The van der Waals surface area contributed by atoms with Crippen molar-refractivity contribution in [2.24, 2.45) is 5.92 Å². The van der Waals surface area contributed by atoms with Crippen molar-refractivity contribution in [2.75, 3.05) is 46.0 Å². The van der Waals surface area contributed by atoms with Gasteiger partial charge in [-0.3, -0.25) is 4.79 Å². The minimum Gasteiger partial charge on any atom is -0.485 e. The summed E-state index contributed by atoms with van der Waals surface area (Å²) in [4.78, 5) is 14.5. The summed E-state index contributed by atoms with van der Waals surface area (Å²) in [6.45, 7) is 5.39. The SMILES string of the molecule is CC1CCN(S(=O)(=O)c2ccc3c(c2)OC[C@@H](C(=O)N2CCOCC2)O3)CC1. The first-order valence-electron chi connectivity index (χ1n) is 9.75. The van der Waals surface area contributed by atoms with Crippen LogP contribution in [0.5, 0.6) is 11.5 Å². The van der Waals surface area contributed by atoms with Crippen LogP contribution in [0, 0.1) is 5.92 Å². The molecule has 3 aliphatic rings. The van der Waals surface area contributed by atoms with E-state index in [1.165, 1.54) is 16.4 Å². The van der Waals surface area contributed by atoms with Gasteiger partial charge in [0, 0.05) is 32.2 Å². The number of piperidine rings is 1. The van der Waals surface area contributed by atoms with Gasteiger partial charge >= 0.3 is 0 Å². The number of rotatable bonds is 3. The molecule has 4 rings (SSSR count). The molecule has 0 N–H and O–H groups in total. The number of carbonyl (C=O) groups is 1. The Morgan fingerprint density at radius 2 is 1.79 bits per heavy atom. The normalized spacial score (nSPS) is 24.2. The Hall–Kier alpha value is -1.84. The summed E-state index contributed by atoms with van der Waals surface area (Å²) in [7, 11) is -3.56. The number of benzene rings is 1. The highest BCUT2D eigenvalue weighted by atomic mass is 32.2. The van der Waals surface area contributed by atoms with E-state index in [1.54, 1.807) is 11.0 Å². The first-order chi connectivity index (χ1) is 13.4. The molecule has 8 nitrogen and oxygen atoms in total. The number of hydrogen-bond acceptors (Lipinski definition) is 6. The Bertz CT molecular complexity index is 829. The highest BCUT2D eigenvalue weighted by Crippen LogP contribution is 2.35. The third-order valence-corrected chi connectivity index (χ3v) is 7.45. The summed E-state index contributed by atoms with van der Waals surface area (Å²) >= 11 is 0. The lowest BCUT2D eigenvalue weighted by molar-refractivity contribution is -0.145. The van der Waals surface area contributed by atoms with Crippen molar-refractivity contribution in [1.82, 2.24) is 9.21 Å². The summed E-state index contributed by atoms with van der Waals surface area (Å²) in [5, 5.41) is 0. The summed E-state index contributed by atoms with van der Waals surface area (Å²) < 4.78 is 44.1. The number of nitrogens with zero attached hydrogens (tertiary/aromatic N) is 2. The van der Waals surface area contributed by atoms with Crippen molar-refractivity contribution in [2.45, 2.75) is 30.8 Å². The predicted molar refractivity (Wildman–Crippen MR) is 101 cm³/mol. The fourth-order valence-corrected chi connectivity index (χ4v) is 5.18. The molecule has 0 unspecified atom stereocenters. The summed E-state index contributed by atoms with van der Waals surface area (Å²) in [6.07, 6.45) is 1.01. The van der Waals surface area contributed by atoms with Gasteiger partial charge in [-0.1, -0.05) is 6.92 Å². The van der Waals surface area contributed by atoms with Crippen LogP contribution in [0.4, 0.5) is 0 Å². The monoisotopic (exact) mass is 410 g/mol. The quantitative estimate of drug-likeness (QED) is 0.742. The summed E-state index contributed by atoms with van der Waals surface area (Å²) in [5.41, 5.74) is 0. The third-order valence-electron chi connectivity index (χ3n) is 5.55. The fraction of sp³-hybridized carbons (Fsp3) is 0.632. The van der Waals surface area contributed by atoms with Crippen molar-refractivity contribution in [3.63, 3.8) is 0 Å². The molecule has 0 bridgehead atoms. The van der Waals surface area contributed by atoms with Gasteiger partial charge in [-0.15, -0.1) is 0 Å². The maximum absolute atomic E-state index is 12.9. The van der Waals surface area contributed by atoms with E-state index < -0.39 is 16.1 Å². The summed E-state index contributed by atoms with van der Waals surface area (Å²) in [5.74, 6) is 1.17. The summed E-state index contributed by atoms with van der Waals surface area (Å²) in [6, 6.07) is 4.60. The zero-order chi connectivity index (χ0) is 19.7. The lowest BCUT2D eigenvalue weighted by Crippen LogP contribution is -2.50. The lowest BCUT2D eigenvalue weighted by Gasteiger charge is -2.33. The van der Waals surface area contributed by atoms with E-state index in [9.17, 15) is 13.2 Å². The number of hydrogen-bond donors (Lipinski definition) is 0. The average molecular weight is 410 g/mol. The van der Waals surface area contributed by atoms with Crippen LogP contribution in [0.1, 0.15) is 19.8 Å². The zero-order valence-corrected chi connectivity index (χ0v) is 16.8. The van der Waals surface area contributed by atoms with E-state index >= 15 is 0 Å². The molecule has 0 aliphatic carbocycles. The van der Waals surface area contributed by atoms with Crippen molar-refractivity contribution >= 4 is 15.9 Å². The Balaban J connectivity index is 1.47. The van der Waals surface area contributed by atoms with Gasteiger partial charge in [-0.25, -0.2) is 8.42 Å². The number of carbonyl (C=O) groups excluding carboxylic acids is 1. The largest absolute Gasteiger partial charge is 0.485 e. The highest BCUT2D eigenvalue weighted by Gasteiger charge is 2.34. The molecule has 3 aliphatic heterocycles. The van der Waals surface area contributed by atoms with Gasteiger partial charge in [0.2, 0.25) is 16.1 Å². The highest BCUT2D eigenvalue weighted by molar-refractivity contribution is 7.89. The van der Waals surface area contributed by atoms with Gasteiger partial charge in [-0.2, -0.15) is 4.31 Å². The van der Waals surface area contributed by atoms with Crippen molar-refractivity contribution < 1.29 is 27.4 Å². The Kier molecular flexibility index (Phi) is 5.48. The van der Waals surface area contributed by atoms with Crippen molar-refractivity contribution in [1.29, 1.82) is 0 Å². The van der Waals surface area contributed by atoms with Crippen molar-refractivity contribution in [3.05, 3.63) is 18.2 Å². The minimum absolute atomic E-state index is 0.0634. The molecule has 9 heteroatoms. The molecule has 0 aromatic heterocycles. The molecular weight excluding hydrogens is 384 g/mol. The molecule has 0 saturated carbocycles. The maximum Gasteiger partial charge on any atom is 0.267 e. The van der Waals surface area contributed by atoms with Crippen LogP contribution >= 0.6 is 0 Å². The molecular formula is C19H26N2O6S. The first kappa shape index (κ1) is 19.5. The van der Waals surface area contributed by atoms with Crippen LogP contribution in [0.25, 0.3) is 0 Å². The number of amides is 1. The van der Waals surface area contributed by atoms with Gasteiger partial charge in [0.05, 0.1) is 18.1 Å². The first-order valence-corrected chi connectivity index (χ1v) is 11.2. The van der Waals surface area contributed by atoms with E-state index in [1.807, 2.05) is 0 Å². The molecule has 28 heavy (non-hydrogen) atoms. The number of morpholine rings is 1.